The number of benzene rings is 1. The van der Waals surface area contributed by atoms with E-state index in [9.17, 15) is 4.79 Å². The third-order valence-corrected chi connectivity index (χ3v) is 4.21. The van der Waals surface area contributed by atoms with Crippen molar-refractivity contribution in [1.82, 2.24) is 15.6 Å². The summed E-state index contributed by atoms with van der Waals surface area (Å²) in [6, 6.07) is 6.30. The summed E-state index contributed by atoms with van der Waals surface area (Å²) in [6.07, 6.45) is 2.41. The fraction of sp³-hybridized carbons (Fsp3) is 0.471. The van der Waals surface area contributed by atoms with Gasteiger partial charge in [-0.2, -0.15) is 0 Å². The molecule has 0 amide bonds. The van der Waals surface area contributed by atoms with E-state index >= 15 is 0 Å². The molecule has 0 saturated carbocycles. The molecule has 0 bridgehead atoms. The molecular weight excluding hydrogens is 333 g/mol. The molecule has 1 aliphatic heterocycles. The van der Waals surface area contributed by atoms with Crippen molar-refractivity contribution in [3.05, 3.63) is 45.2 Å². The van der Waals surface area contributed by atoms with Crippen LogP contribution < -0.4 is 16.1 Å². The summed E-state index contributed by atoms with van der Waals surface area (Å²) in [5, 5.41) is 7.71. The largest absolute Gasteiger partial charge is 0.357 e. The maximum atomic E-state index is 12.3. The Morgan fingerprint density at radius 1 is 1.22 bits per heavy atom. The Labute approximate surface area is 149 Å². The highest BCUT2D eigenvalue weighted by Gasteiger charge is 2.12. The van der Waals surface area contributed by atoms with E-state index in [4.69, 9.17) is 0 Å². The predicted molar refractivity (Wildman–Crippen MR) is 101 cm³/mol. The molecule has 6 heteroatoms. The van der Waals surface area contributed by atoms with Crippen molar-refractivity contribution in [3.8, 4) is 0 Å². The van der Waals surface area contributed by atoms with Gasteiger partial charge in [-0.15, -0.1) is 24.8 Å². The van der Waals surface area contributed by atoms with Gasteiger partial charge in [-0.1, -0.05) is 6.07 Å². The van der Waals surface area contributed by atoms with Gasteiger partial charge < -0.3 is 15.6 Å². The van der Waals surface area contributed by atoms with Crippen molar-refractivity contribution >= 4 is 35.7 Å². The van der Waals surface area contributed by atoms with Crippen molar-refractivity contribution in [1.29, 1.82) is 0 Å². The number of nitrogens with one attached hydrogen (secondary N) is 3. The fourth-order valence-corrected chi connectivity index (χ4v) is 3.14. The summed E-state index contributed by atoms with van der Waals surface area (Å²) >= 11 is 0. The van der Waals surface area contributed by atoms with Crippen LogP contribution in [0.3, 0.4) is 0 Å². The molecule has 0 radical (unpaired) electrons. The first kappa shape index (κ1) is 20.0. The van der Waals surface area contributed by atoms with E-state index in [1.165, 1.54) is 12.8 Å². The summed E-state index contributed by atoms with van der Waals surface area (Å²) in [7, 11) is 0. The SMILES string of the molecule is Cc1cc(C)c2[nH]c(CN[C@H]3CCCNC3)cc(=O)c2c1.Cl.Cl. The van der Waals surface area contributed by atoms with Crippen LogP contribution in [0.1, 0.15) is 29.7 Å². The van der Waals surface area contributed by atoms with Crippen molar-refractivity contribution in [2.75, 3.05) is 13.1 Å². The fourth-order valence-electron chi connectivity index (χ4n) is 3.14. The Bertz CT molecular complexity index is 709. The van der Waals surface area contributed by atoms with Crippen molar-refractivity contribution < 1.29 is 0 Å². The van der Waals surface area contributed by atoms with E-state index in [0.29, 0.717) is 12.6 Å². The van der Waals surface area contributed by atoms with Crippen LogP contribution in [0.5, 0.6) is 0 Å². The Balaban J connectivity index is 0.00000132. The lowest BCUT2D eigenvalue weighted by atomic mass is 10.1. The average Bonchev–Trinajstić information content (AvgIpc) is 2.47. The number of hydrogen-bond acceptors (Lipinski definition) is 3. The van der Waals surface area contributed by atoms with E-state index in [1.54, 1.807) is 6.07 Å². The van der Waals surface area contributed by atoms with E-state index in [0.717, 1.165) is 40.8 Å². The van der Waals surface area contributed by atoms with E-state index in [-0.39, 0.29) is 30.2 Å². The minimum Gasteiger partial charge on any atom is -0.357 e. The van der Waals surface area contributed by atoms with Crippen LogP contribution in [0, 0.1) is 13.8 Å². The molecule has 0 aliphatic carbocycles. The highest BCUT2D eigenvalue weighted by molar-refractivity contribution is 5.85. The third-order valence-electron chi connectivity index (χ3n) is 4.21. The lowest BCUT2D eigenvalue weighted by Crippen LogP contribution is -2.42. The molecule has 23 heavy (non-hydrogen) atoms. The highest BCUT2D eigenvalue weighted by atomic mass is 35.5. The van der Waals surface area contributed by atoms with Crippen LogP contribution in [-0.2, 0) is 6.54 Å². The van der Waals surface area contributed by atoms with Gasteiger partial charge >= 0.3 is 0 Å². The normalized spacial score (nSPS) is 17.4. The standard InChI is InChI=1S/C17H23N3O.2ClH/c1-11-6-12(2)17-15(7-11)16(21)8-14(20-17)10-19-13-4-3-5-18-9-13;;/h6-8,13,18-19H,3-5,9-10H2,1-2H3,(H,20,21);2*1H/t13-;;/m0../s1. The summed E-state index contributed by atoms with van der Waals surface area (Å²) in [4.78, 5) is 15.7. The number of H-pyrrole nitrogens is 1. The first-order valence-corrected chi connectivity index (χ1v) is 7.71. The molecule has 2 heterocycles. The first-order valence-electron chi connectivity index (χ1n) is 7.71. The topological polar surface area (TPSA) is 56.9 Å². The second kappa shape index (κ2) is 8.69. The number of halogens is 2. The number of hydrogen-bond donors (Lipinski definition) is 3. The minimum absolute atomic E-state index is 0. The van der Waals surface area contributed by atoms with Crippen molar-refractivity contribution in [2.45, 2.75) is 39.3 Å². The molecule has 0 spiro atoms. The number of aromatic nitrogens is 1. The van der Waals surface area contributed by atoms with Crippen LogP contribution in [0.25, 0.3) is 10.9 Å². The summed E-state index contributed by atoms with van der Waals surface area (Å²) < 4.78 is 0. The molecule has 1 fully saturated rings. The van der Waals surface area contributed by atoms with E-state index in [2.05, 4.69) is 21.7 Å². The van der Waals surface area contributed by atoms with Gasteiger partial charge in [0.05, 0.1) is 5.52 Å². The van der Waals surface area contributed by atoms with Gasteiger partial charge in [0, 0.05) is 36.3 Å². The van der Waals surface area contributed by atoms with Gasteiger partial charge in [-0.25, -0.2) is 0 Å². The van der Waals surface area contributed by atoms with Crippen LogP contribution in [0.15, 0.2) is 23.0 Å². The van der Waals surface area contributed by atoms with E-state index < -0.39 is 0 Å². The van der Waals surface area contributed by atoms with Crippen molar-refractivity contribution in [2.24, 2.45) is 0 Å². The zero-order chi connectivity index (χ0) is 14.8. The van der Waals surface area contributed by atoms with E-state index in [1.807, 2.05) is 19.9 Å². The van der Waals surface area contributed by atoms with Gasteiger partial charge in [0.2, 0.25) is 0 Å². The van der Waals surface area contributed by atoms with Crippen LogP contribution >= 0.6 is 24.8 Å². The van der Waals surface area contributed by atoms with Crippen LogP contribution in [0.4, 0.5) is 0 Å². The molecule has 2 aromatic rings. The van der Waals surface area contributed by atoms with Gasteiger partial charge in [0.1, 0.15) is 0 Å². The zero-order valence-electron chi connectivity index (χ0n) is 13.6. The third kappa shape index (κ3) is 4.70. The quantitative estimate of drug-likeness (QED) is 0.791. The zero-order valence-corrected chi connectivity index (χ0v) is 15.2. The second-order valence-corrected chi connectivity index (χ2v) is 6.09. The number of aromatic amines is 1. The van der Waals surface area contributed by atoms with Gasteiger partial charge in [0.15, 0.2) is 5.43 Å². The second-order valence-electron chi connectivity index (χ2n) is 6.09. The monoisotopic (exact) mass is 357 g/mol. The summed E-state index contributed by atoms with van der Waals surface area (Å²) in [5.41, 5.74) is 4.29. The Kier molecular flexibility index (Phi) is 7.55. The molecule has 0 unspecified atom stereocenters. The molecule has 1 aliphatic rings. The number of rotatable bonds is 3. The minimum atomic E-state index is 0. The van der Waals surface area contributed by atoms with Gasteiger partial charge in [-0.3, -0.25) is 4.79 Å². The Morgan fingerprint density at radius 2 is 2.00 bits per heavy atom. The first-order chi connectivity index (χ1) is 10.1. The Hall–Kier alpha value is -1.07. The van der Waals surface area contributed by atoms with Crippen LogP contribution in [-0.4, -0.2) is 24.1 Å². The molecular formula is C17H25Cl2N3O. The molecule has 3 rings (SSSR count). The van der Waals surface area contributed by atoms with Gasteiger partial charge in [-0.05, 0) is 50.4 Å². The number of aryl methyl sites for hydroxylation is 2. The molecule has 1 aromatic carbocycles. The summed E-state index contributed by atoms with van der Waals surface area (Å²) in [6.45, 7) is 6.91. The number of piperidine rings is 1. The lowest BCUT2D eigenvalue weighted by Gasteiger charge is -2.24. The predicted octanol–water partition coefficient (Wildman–Crippen LogP) is 2.83. The summed E-state index contributed by atoms with van der Waals surface area (Å²) in [5.74, 6) is 0. The van der Waals surface area contributed by atoms with Crippen LogP contribution in [0.2, 0.25) is 0 Å². The Morgan fingerprint density at radius 3 is 2.70 bits per heavy atom. The smallest absolute Gasteiger partial charge is 0.189 e. The molecule has 128 valence electrons. The maximum absolute atomic E-state index is 12.3. The maximum Gasteiger partial charge on any atom is 0.189 e. The average molecular weight is 358 g/mol. The van der Waals surface area contributed by atoms with Gasteiger partial charge in [0.25, 0.3) is 0 Å². The molecule has 3 N–H and O–H groups in total. The number of pyridine rings is 1. The molecule has 1 aromatic heterocycles. The molecule has 1 atom stereocenters. The molecule has 4 nitrogen and oxygen atoms in total. The lowest BCUT2D eigenvalue weighted by molar-refractivity contribution is 0.387. The molecule has 1 saturated heterocycles. The highest BCUT2D eigenvalue weighted by Crippen LogP contribution is 2.16. The number of fused-ring (bicyclic) bond motifs is 1. The van der Waals surface area contributed by atoms with Crippen molar-refractivity contribution in [3.63, 3.8) is 0 Å².